The van der Waals surface area contributed by atoms with Crippen molar-refractivity contribution in [3.63, 3.8) is 0 Å². The van der Waals surface area contributed by atoms with Crippen molar-refractivity contribution < 1.29 is 9.57 Å². The highest BCUT2D eigenvalue weighted by Crippen LogP contribution is 2.42. The summed E-state index contributed by atoms with van der Waals surface area (Å²) in [5.41, 5.74) is 4.95. The van der Waals surface area contributed by atoms with Crippen LogP contribution in [0.15, 0.2) is 53.2 Å². The molecule has 124 valence electrons. The van der Waals surface area contributed by atoms with Crippen molar-refractivity contribution in [2.24, 2.45) is 5.16 Å². The number of fused-ring (bicyclic) bond motifs is 3. The van der Waals surface area contributed by atoms with Gasteiger partial charge in [-0.05, 0) is 53.7 Å². The van der Waals surface area contributed by atoms with Crippen LogP contribution in [0.1, 0.15) is 38.2 Å². The minimum absolute atomic E-state index is 0.166. The lowest BCUT2D eigenvalue weighted by Crippen LogP contribution is -2.26. The van der Waals surface area contributed by atoms with Gasteiger partial charge in [0.2, 0.25) is 0 Å². The van der Waals surface area contributed by atoms with E-state index in [0.717, 1.165) is 31.4 Å². The largest absolute Gasteiger partial charge is 0.399 e. The topological polar surface area (TPSA) is 30.8 Å². The molecule has 0 saturated carbocycles. The molecule has 0 spiro atoms. The second-order valence-corrected chi connectivity index (χ2v) is 6.56. The second kappa shape index (κ2) is 6.40. The lowest BCUT2D eigenvalue weighted by Gasteiger charge is -2.28. The third-order valence-electron chi connectivity index (χ3n) is 5.13. The number of nitrogens with zero attached hydrogens (tertiary/aromatic N) is 1. The van der Waals surface area contributed by atoms with E-state index in [0.29, 0.717) is 6.10 Å². The van der Waals surface area contributed by atoms with Crippen LogP contribution in [0.3, 0.4) is 0 Å². The van der Waals surface area contributed by atoms with Gasteiger partial charge in [0.15, 0.2) is 0 Å². The van der Waals surface area contributed by atoms with E-state index in [1.54, 1.807) is 7.11 Å². The standard InChI is InChI=1S/C21H23NO2/c1-3-19(22-23-2)21-18(13-17-10-11-20(21)24-17)16-9-8-14-6-4-5-7-15(14)12-16/h4-9,12,17,20H,3,10-11,13H2,1-2H3. The van der Waals surface area contributed by atoms with Crippen molar-refractivity contribution in [2.75, 3.05) is 7.11 Å². The molecule has 2 aliphatic heterocycles. The monoisotopic (exact) mass is 321 g/mol. The average molecular weight is 321 g/mol. The Morgan fingerprint density at radius 2 is 2.00 bits per heavy atom. The summed E-state index contributed by atoms with van der Waals surface area (Å²) in [7, 11) is 1.62. The zero-order chi connectivity index (χ0) is 16.5. The van der Waals surface area contributed by atoms with Gasteiger partial charge in [-0.3, -0.25) is 0 Å². The molecule has 0 amide bonds. The molecular weight excluding hydrogens is 298 g/mol. The Morgan fingerprint density at radius 3 is 2.79 bits per heavy atom. The first-order valence-electron chi connectivity index (χ1n) is 8.78. The van der Waals surface area contributed by atoms with Gasteiger partial charge in [-0.15, -0.1) is 0 Å². The van der Waals surface area contributed by atoms with Crippen LogP contribution in [0.2, 0.25) is 0 Å². The van der Waals surface area contributed by atoms with Crippen LogP contribution in [0.5, 0.6) is 0 Å². The fourth-order valence-corrected chi connectivity index (χ4v) is 4.02. The van der Waals surface area contributed by atoms with Crippen molar-refractivity contribution in [3.8, 4) is 0 Å². The highest BCUT2D eigenvalue weighted by atomic mass is 16.6. The van der Waals surface area contributed by atoms with E-state index in [-0.39, 0.29) is 6.10 Å². The van der Waals surface area contributed by atoms with E-state index in [1.807, 2.05) is 0 Å². The Balaban J connectivity index is 1.88. The Hall–Kier alpha value is -2.13. The Bertz CT molecular complexity index is 821. The van der Waals surface area contributed by atoms with Gasteiger partial charge in [-0.2, -0.15) is 0 Å². The number of ether oxygens (including phenoxy) is 1. The van der Waals surface area contributed by atoms with E-state index < -0.39 is 0 Å². The maximum Gasteiger partial charge on any atom is 0.106 e. The molecule has 4 rings (SSSR count). The minimum Gasteiger partial charge on any atom is -0.399 e. The van der Waals surface area contributed by atoms with Crippen molar-refractivity contribution in [3.05, 3.63) is 53.6 Å². The predicted molar refractivity (Wildman–Crippen MR) is 98.1 cm³/mol. The zero-order valence-electron chi connectivity index (χ0n) is 14.3. The van der Waals surface area contributed by atoms with Crippen LogP contribution in [0, 0.1) is 0 Å². The van der Waals surface area contributed by atoms with Crippen LogP contribution in [-0.4, -0.2) is 25.0 Å². The van der Waals surface area contributed by atoms with Crippen LogP contribution >= 0.6 is 0 Å². The minimum atomic E-state index is 0.166. The molecule has 0 aromatic heterocycles. The Morgan fingerprint density at radius 1 is 1.17 bits per heavy atom. The summed E-state index contributed by atoms with van der Waals surface area (Å²) in [6, 6.07) is 15.3. The Kier molecular flexibility index (Phi) is 4.11. The van der Waals surface area contributed by atoms with Gasteiger partial charge in [0.25, 0.3) is 0 Å². The molecule has 1 saturated heterocycles. The van der Waals surface area contributed by atoms with Gasteiger partial charge in [-0.1, -0.05) is 48.5 Å². The van der Waals surface area contributed by atoms with E-state index in [1.165, 1.54) is 27.5 Å². The molecular formula is C21H23NO2. The lowest BCUT2D eigenvalue weighted by molar-refractivity contribution is 0.0628. The quantitative estimate of drug-likeness (QED) is 0.589. The summed E-state index contributed by atoms with van der Waals surface area (Å²) in [4.78, 5) is 5.11. The molecule has 2 heterocycles. The normalized spacial score (nSPS) is 23.8. The number of rotatable bonds is 4. The summed E-state index contributed by atoms with van der Waals surface area (Å²) >= 11 is 0. The van der Waals surface area contributed by atoms with Gasteiger partial charge in [0.05, 0.1) is 17.9 Å². The first kappa shape index (κ1) is 15.4. The highest BCUT2D eigenvalue weighted by molar-refractivity contribution is 6.07. The summed E-state index contributed by atoms with van der Waals surface area (Å²) in [6.45, 7) is 2.13. The molecule has 0 radical (unpaired) electrons. The fraction of sp³-hybridized carbons (Fsp3) is 0.381. The van der Waals surface area contributed by atoms with Crippen LogP contribution in [0.25, 0.3) is 16.3 Å². The first-order valence-corrected chi connectivity index (χ1v) is 8.78. The molecule has 3 heteroatoms. The predicted octanol–water partition coefficient (Wildman–Crippen LogP) is 4.96. The van der Waals surface area contributed by atoms with E-state index in [2.05, 4.69) is 54.5 Å². The van der Waals surface area contributed by atoms with Crippen molar-refractivity contribution in [2.45, 2.75) is 44.8 Å². The number of oxime groups is 1. The van der Waals surface area contributed by atoms with E-state index in [4.69, 9.17) is 9.57 Å². The molecule has 2 aromatic rings. The van der Waals surface area contributed by atoms with Crippen molar-refractivity contribution in [1.29, 1.82) is 0 Å². The van der Waals surface area contributed by atoms with Gasteiger partial charge in [0.1, 0.15) is 7.11 Å². The molecule has 2 aromatic carbocycles. The second-order valence-electron chi connectivity index (χ2n) is 6.56. The fourth-order valence-electron chi connectivity index (χ4n) is 4.02. The lowest BCUT2D eigenvalue weighted by atomic mass is 9.88. The molecule has 2 unspecified atom stereocenters. The number of hydrogen-bond donors (Lipinski definition) is 0. The maximum absolute atomic E-state index is 6.18. The zero-order valence-corrected chi connectivity index (χ0v) is 14.3. The van der Waals surface area contributed by atoms with Gasteiger partial charge in [0, 0.05) is 5.57 Å². The maximum atomic E-state index is 6.18. The molecule has 0 aliphatic carbocycles. The highest BCUT2D eigenvalue weighted by Gasteiger charge is 2.37. The van der Waals surface area contributed by atoms with Gasteiger partial charge < -0.3 is 9.57 Å². The summed E-state index contributed by atoms with van der Waals surface area (Å²) in [6.07, 6.45) is 4.55. The van der Waals surface area contributed by atoms with Crippen LogP contribution < -0.4 is 0 Å². The molecule has 2 aliphatic rings. The number of benzene rings is 2. The molecule has 0 N–H and O–H groups in total. The molecule has 3 nitrogen and oxygen atoms in total. The van der Waals surface area contributed by atoms with Crippen LogP contribution in [0.4, 0.5) is 0 Å². The number of hydrogen-bond acceptors (Lipinski definition) is 3. The molecule has 1 fully saturated rings. The summed E-state index contributed by atoms with van der Waals surface area (Å²) in [5, 5.41) is 6.86. The SMILES string of the molecule is CCC(=NOC)C1=C(c2ccc3ccccc3c2)CC2CCC1O2. The molecule has 24 heavy (non-hydrogen) atoms. The van der Waals surface area contributed by atoms with Gasteiger partial charge >= 0.3 is 0 Å². The summed E-state index contributed by atoms with van der Waals surface area (Å²) in [5.74, 6) is 0. The van der Waals surface area contributed by atoms with Crippen molar-refractivity contribution in [1.82, 2.24) is 0 Å². The van der Waals surface area contributed by atoms with E-state index in [9.17, 15) is 0 Å². The molecule has 2 bridgehead atoms. The van der Waals surface area contributed by atoms with Gasteiger partial charge in [-0.25, -0.2) is 0 Å². The first-order chi connectivity index (χ1) is 11.8. The van der Waals surface area contributed by atoms with Crippen molar-refractivity contribution >= 4 is 22.1 Å². The summed E-state index contributed by atoms with van der Waals surface area (Å²) < 4.78 is 6.18. The Labute approximate surface area is 143 Å². The third kappa shape index (κ3) is 2.63. The average Bonchev–Trinajstić information content (AvgIpc) is 3.01. The molecule has 2 atom stereocenters. The van der Waals surface area contributed by atoms with Crippen LogP contribution in [-0.2, 0) is 9.57 Å². The third-order valence-corrected chi connectivity index (χ3v) is 5.13. The smallest absolute Gasteiger partial charge is 0.106 e. The van der Waals surface area contributed by atoms with E-state index >= 15 is 0 Å².